The summed E-state index contributed by atoms with van der Waals surface area (Å²) >= 11 is 0. The quantitative estimate of drug-likeness (QED) is 0.173. The molecule has 1 heterocycles. The van der Waals surface area contributed by atoms with Crippen LogP contribution in [-0.2, 0) is 5.41 Å². The van der Waals surface area contributed by atoms with E-state index in [1.54, 1.807) is 0 Å². The van der Waals surface area contributed by atoms with Crippen LogP contribution in [0, 0.1) is 6.57 Å². The highest BCUT2D eigenvalue weighted by molar-refractivity contribution is 5.94. The monoisotopic (exact) mass is 651 g/mol. The minimum Gasteiger partial charge on any atom is -0.238 e. The molecule has 0 fully saturated rings. The minimum absolute atomic E-state index is 0.136. The summed E-state index contributed by atoms with van der Waals surface area (Å²) in [6, 6.07) is 57.4. The fourth-order valence-electron chi connectivity index (χ4n) is 7.61. The molecule has 0 saturated carbocycles. The van der Waals surface area contributed by atoms with E-state index < -0.39 is 0 Å². The molecule has 240 valence electrons. The third kappa shape index (κ3) is 5.30. The Balaban J connectivity index is 1.10. The van der Waals surface area contributed by atoms with Gasteiger partial charge in [-0.2, -0.15) is 0 Å². The number of fused-ring (bicyclic) bond motifs is 4. The molecule has 7 aromatic carbocycles. The first kappa shape index (κ1) is 30.4. The van der Waals surface area contributed by atoms with Gasteiger partial charge in [-0.05, 0) is 79.5 Å². The molecule has 0 N–H and O–H groups in total. The van der Waals surface area contributed by atoms with Gasteiger partial charge in [0.15, 0.2) is 11.5 Å². The lowest BCUT2D eigenvalue weighted by molar-refractivity contribution is 0.660. The molecule has 0 saturated heterocycles. The second-order valence-electron chi connectivity index (χ2n) is 13.7. The second kappa shape index (κ2) is 12.1. The van der Waals surface area contributed by atoms with Gasteiger partial charge in [0.1, 0.15) is 0 Å². The van der Waals surface area contributed by atoms with Crippen LogP contribution in [0.1, 0.15) is 25.0 Å². The molecule has 9 rings (SSSR count). The average Bonchev–Trinajstić information content (AvgIpc) is 3.43. The fourth-order valence-corrected chi connectivity index (χ4v) is 7.61. The Bertz CT molecular complexity index is 2660. The van der Waals surface area contributed by atoms with Crippen LogP contribution >= 0.6 is 0 Å². The molecule has 0 aliphatic heterocycles. The van der Waals surface area contributed by atoms with E-state index in [0.29, 0.717) is 11.5 Å². The molecule has 0 bridgehead atoms. The standard InChI is InChI=1S/C48H33N3/c1-48(2)42-26-25-39(49-3)29-41(42)46-40(17-10-18-43(46)48)37-16-9-15-36(27-37)32-19-22-34(23-20-32)47-50-44(33-12-5-4-6-13-33)30-45(51-47)38-24-21-31-11-7-8-14-35(31)28-38/h4-30H,1-2H3. The Labute approximate surface area is 298 Å². The molecule has 8 aromatic rings. The van der Waals surface area contributed by atoms with Crippen LogP contribution in [0.25, 0.3) is 82.9 Å². The zero-order valence-corrected chi connectivity index (χ0v) is 28.4. The van der Waals surface area contributed by atoms with E-state index in [2.05, 4.69) is 158 Å². The summed E-state index contributed by atoms with van der Waals surface area (Å²) < 4.78 is 0. The maximum atomic E-state index is 7.64. The van der Waals surface area contributed by atoms with E-state index in [0.717, 1.165) is 50.3 Å². The van der Waals surface area contributed by atoms with Crippen LogP contribution in [-0.4, -0.2) is 9.97 Å². The Morgan fingerprint density at radius 2 is 1.12 bits per heavy atom. The van der Waals surface area contributed by atoms with E-state index >= 15 is 0 Å². The Morgan fingerprint density at radius 3 is 1.92 bits per heavy atom. The lowest BCUT2D eigenvalue weighted by atomic mass is 9.82. The van der Waals surface area contributed by atoms with E-state index in [1.165, 1.54) is 33.0 Å². The number of rotatable bonds is 5. The summed E-state index contributed by atoms with van der Waals surface area (Å²) in [5, 5.41) is 2.39. The SMILES string of the molecule is [C-]#[N+]c1ccc2c(c1)-c1c(-c3cccc(-c4ccc(-c5nc(-c6ccccc6)cc(-c6ccc7ccccc7c6)n5)cc4)c3)cccc1C2(C)C. The van der Waals surface area contributed by atoms with Gasteiger partial charge in [0.25, 0.3) is 0 Å². The number of nitrogens with zero attached hydrogens (tertiary/aromatic N) is 3. The largest absolute Gasteiger partial charge is 0.238 e. The highest BCUT2D eigenvalue weighted by atomic mass is 14.9. The lowest BCUT2D eigenvalue weighted by Gasteiger charge is -2.21. The number of hydrogen-bond acceptors (Lipinski definition) is 2. The van der Waals surface area contributed by atoms with E-state index in [1.807, 2.05) is 24.3 Å². The first-order chi connectivity index (χ1) is 25.0. The van der Waals surface area contributed by atoms with E-state index in [4.69, 9.17) is 16.5 Å². The predicted octanol–water partition coefficient (Wildman–Crippen LogP) is 12.8. The van der Waals surface area contributed by atoms with Crippen LogP contribution < -0.4 is 0 Å². The van der Waals surface area contributed by atoms with Gasteiger partial charge in [-0.15, -0.1) is 0 Å². The topological polar surface area (TPSA) is 30.1 Å². The van der Waals surface area contributed by atoms with Gasteiger partial charge in [-0.25, -0.2) is 14.8 Å². The summed E-state index contributed by atoms with van der Waals surface area (Å²) in [5.41, 5.74) is 15.0. The molecule has 0 atom stereocenters. The molecule has 0 unspecified atom stereocenters. The summed E-state index contributed by atoms with van der Waals surface area (Å²) in [6.45, 7) is 12.2. The van der Waals surface area contributed by atoms with Crippen LogP contribution in [0.4, 0.5) is 5.69 Å². The first-order valence-corrected chi connectivity index (χ1v) is 17.3. The summed E-state index contributed by atoms with van der Waals surface area (Å²) in [5.74, 6) is 0.694. The third-order valence-electron chi connectivity index (χ3n) is 10.3. The molecule has 1 aliphatic rings. The van der Waals surface area contributed by atoms with E-state index in [-0.39, 0.29) is 5.41 Å². The van der Waals surface area contributed by atoms with Crippen molar-refractivity contribution in [2.24, 2.45) is 0 Å². The van der Waals surface area contributed by atoms with Gasteiger partial charge in [0, 0.05) is 22.1 Å². The van der Waals surface area contributed by atoms with Crippen LogP contribution in [0.15, 0.2) is 164 Å². The zero-order chi connectivity index (χ0) is 34.5. The van der Waals surface area contributed by atoms with Crippen molar-refractivity contribution in [1.82, 2.24) is 9.97 Å². The highest BCUT2D eigenvalue weighted by Gasteiger charge is 2.36. The van der Waals surface area contributed by atoms with Crippen LogP contribution in [0.3, 0.4) is 0 Å². The summed E-state index contributed by atoms with van der Waals surface area (Å²) in [7, 11) is 0. The van der Waals surface area contributed by atoms with Crippen molar-refractivity contribution in [3.05, 3.63) is 186 Å². The fraction of sp³-hybridized carbons (Fsp3) is 0.0625. The van der Waals surface area contributed by atoms with Crippen molar-refractivity contribution in [3.63, 3.8) is 0 Å². The maximum Gasteiger partial charge on any atom is 0.187 e. The first-order valence-electron chi connectivity index (χ1n) is 17.3. The Morgan fingerprint density at radius 1 is 0.451 bits per heavy atom. The van der Waals surface area contributed by atoms with Crippen molar-refractivity contribution in [2.75, 3.05) is 0 Å². The molecule has 1 aromatic heterocycles. The highest BCUT2D eigenvalue weighted by Crippen LogP contribution is 2.53. The average molecular weight is 652 g/mol. The molecule has 0 amide bonds. The van der Waals surface area contributed by atoms with E-state index in [9.17, 15) is 0 Å². The summed E-state index contributed by atoms with van der Waals surface area (Å²) in [4.78, 5) is 13.9. The molecule has 0 spiro atoms. The number of aromatic nitrogens is 2. The van der Waals surface area contributed by atoms with Crippen molar-refractivity contribution in [2.45, 2.75) is 19.3 Å². The molecule has 1 aliphatic carbocycles. The zero-order valence-electron chi connectivity index (χ0n) is 28.4. The van der Waals surface area contributed by atoms with Crippen molar-refractivity contribution >= 4 is 16.5 Å². The molecule has 3 nitrogen and oxygen atoms in total. The maximum absolute atomic E-state index is 7.64. The molecule has 0 radical (unpaired) electrons. The van der Waals surface area contributed by atoms with Gasteiger partial charge in [0.05, 0.1) is 18.0 Å². The van der Waals surface area contributed by atoms with Gasteiger partial charge < -0.3 is 0 Å². The van der Waals surface area contributed by atoms with Crippen LogP contribution in [0.2, 0.25) is 0 Å². The second-order valence-corrected chi connectivity index (χ2v) is 13.7. The van der Waals surface area contributed by atoms with Crippen molar-refractivity contribution < 1.29 is 0 Å². The van der Waals surface area contributed by atoms with Crippen molar-refractivity contribution in [1.29, 1.82) is 0 Å². The Kier molecular flexibility index (Phi) is 7.19. The van der Waals surface area contributed by atoms with Gasteiger partial charge in [-0.1, -0.05) is 153 Å². The van der Waals surface area contributed by atoms with Crippen LogP contribution in [0.5, 0.6) is 0 Å². The third-order valence-corrected chi connectivity index (χ3v) is 10.3. The summed E-state index contributed by atoms with van der Waals surface area (Å²) in [6.07, 6.45) is 0. The minimum atomic E-state index is -0.136. The molecular formula is C48H33N3. The predicted molar refractivity (Wildman–Crippen MR) is 211 cm³/mol. The van der Waals surface area contributed by atoms with Gasteiger partial charge in [-0.3, -0.25) is 0 Å². The van der Waals surface area contributed by atoms with Gasteiger partial charge in [0.2, 0.25) is 0 Å². The smallest absolute Gasteiger partial charge is 0.187 e. The lowest BCUT2D eigenvalue weighted by Crippen LogP contribution is -2.14. The normalized spacial score (nSPS) is 12.6. The number of benzene rings is 7. The van der Waals surface area contributed by atoms with Crippen molar-refractivity contribution in [3.8, 4) is 67.3 Å². The Hall–Kier alpha value is -6.63. The molecule has 3 heteroatoms. The van der Waals surface area contributed by atoms with Gasteiger partial charge >= 0.3 is 0 Å². The molecular weight excluding hydrogens is 619 g/mol. The number of hydrogen-bond donors (Lipinski definition) is 0. The molecule has 51 heavy (non-hydrogen) atoms.